The van der Waals surface area contributed by atoms with Crippen molar-refractivity contribution < 1.29 is 27.5 Å². The molecule has 2 aliphatic rings. The van der Waals surface area contributed by atoms with Crippen molar-refractivity contribution in [3.05, 3.63) is 155 Å². The van der Waals surface area contributed by atoms with Crippen molar-refractivity contribution >= 4 is 58.6 Å². The molecule has 0 radical (unpaired) electrons. The van der Waals surface area contributed by atoms with Crippen LogP contribution in [-0.2, 0) is 0 Å². The number of nitriles is 2. The van der Waals surface area contributed by atoms with Crippen molar-refractivity contribution in [2.45, 2.75) is 26.7 Å². The number of hydrogen-bond acceptors (Lipinski definition) is 10. The van der Waals surface area contributed by atoms with Crippen LogP contribution in [0.25, 0.3) is 55.4 Å². The van der Waals surface area contributed by atoms with Gasteiger partial charge in [-0.05, 0) is 66.9 Å². The lowest BCUT2D eigenvalue weighted by Gasteiger charge is -2.18. The molecular formula is C46H30B2N6O6. The van der Waals surface area contributed by atoms with Gasteiger partial charge in [-0.25, -0.2) is 9.97 Å². The maximum atomic E-state index is 11.4. The van der Waals surface area contributed by atoms with E-state index in [4.69, 9.17) is 37.4 Å². The summed E-state index contributed by atoms with van der Waals surface area (Å²) in [5.41, 5.74) is 5.38. The summed E-state index contributed by atoms with van der Waals surface area (Å²) in [7, 11) is -2.20. The predicted octanol–water partition coefficient (Wildman–Crippen LogP) is 7.88. The summed E-state index contributed by atoms with van der Waals surface area (Å²) in [5, 5.41) is 24.8. The molecule has 0 N–H and O–H groups in total. The van der Waals surface area contributed by atoms with Crippen LogP contribution >= 0.6 is 0 Å². The molecule has 0 atom stereocenters. The van der Waals surface area contributed by atoms with Gasteiger partial charge in [-0.3, -0.25) is 0 Å². The van der Waals surface area contributed by atoms with E-state index in [1.807, 2.05) is 151 Å². The van der Waals surface area contributed by atoms with E-state index in [0.717, 1.165) is 11.1 Å². The number of benzene rings is 5. The molecule has 0 amide bonds. The zero-order chi connectivity index (χ0) is 40.6. The van der Waals surface area contributed by atoms with Crippen LogP contribution in [0.5, 0.6) is 23.0 Å². The number of fused-ring (bicyclic) bond motifs is 5. The van der Waals surface area contributed by atoms with Crippen molar-refractivity contribution in [1.82, 2.24) is 18.9 Å². The van der Waals surface area contributed by atoms with E-state index in [1.165, 1.54) is 0 Å². The highest BCUT2D eigenvalue weighted by Gasteiger charge is 2.45. The fraction of sp³-hybridized carbons (Fsp3) is 0.0870. The molecule has 0 saturated carbocycles. The van der Waals surface area contributed by atoms with E-state index in [0.29, 0.717) is 78.1 Å². The number of oxazole rings is 2. The SMILES string of the molecule is Cc1ccccc1-c1c2/c(=C(\C#N)c3nc4ccccc4o3)n(B3Oc4ccccc4O3)c(C(C)C)c2/c(=C(\C#N)c2nc3ccccc3o2)n1B1Oc2ccccc2O1. The molecule has 0 bridgehead atoms. The highest BCUT2D eigenvalue weighted by molar-refractivity contribution is 6.49. The Bertz CT molecular complexity index is 3250. The van der Waals surface area contributed by atoms with Crippen LogP contribution in [0.2, 0.25) is 0 Å². The maximum Gasteiger partial charge on any atom is 0.743 e. The first-order valence-corrected chi connectivity index (χ1v) is 19.4. The van der Waals surface area contributed by atoms with E-state index in [1.54, 1.807) is 0 Å². The molecule has 14 heteroatoms. The third-order valence-electron chi connectivity index (χ3n) is 10.9. The molecule has 6 heterocycles. The molecule has 4 aromatic heterocycles. The molecule has 0 aliphatic carbocycles. The Hall–Kier alpha value is -8.09. The zero-order valence-corrected chi connectivity index (χ0v) is 32.4. The summed E-state index contributed by atoms with van der Waals surface area (Å²) in [5.74, 6) is 2.04. The summed E-state index contributed by atoms with van der Waals surface area (Å²) in [6, 6.07) is 42.4. The summed E-state index contributed by atoms with van der Waals surface area (Å²) in [6.45, 7) is 6.09. The quantitative estimate of drug-likeness (QED) is 0.153. The van der Waals surface area contributed by atoms with E-state index in [9.17, 15) is 10.5 Å². The minimum atomic E-state index is -1.12. The third-order valence-corrected chi connectivity index (χ3v) is 10.9. The van der Waals surface area contributed by atoms with Gasteiger partial charge in [0.25, 0.3) is 0 Å². The Kier molecular flexibility index (Phi) is 7.90. The molecule has 12 nitrogen and oxygen atoms in total. The second-order valence-corrected chi connectivity index (χ2v) is 14.8. The summed E-state index contributed by atoms with van der Waals surface area (Å²) >= 11 is 0. The highest BCUT2D eigenvalue weighted by atomic mass is 16.6. The van der Waals surface area contributed by atoms with Crippen molar-refractivity contribution in [3.8, 4) is 46.4 Å². The van der Waals surface area contributed by atoms with Crippen LogP contribution in [0.4, 0.5) is 0 Å². The van der Waals surface area contributed by atoms with Gasteiger partial charge in [-0.15, -0.1) is 0 Å². The summed E-state index contributed by atoms with van der Waals surface area (Å²) in [4.78, 5) is 9.69. The van der Waals surface area contributed by atoms with Gasteiger partial charge in [0.15, 0.2) is 11.2 Å². The molecule has 9 aromatic rings. The van der Waals surface area contributed by atoms with Gasteiger partial charge < -0.3 is 36.4 Å². The van der Waals surface area contributed by atoms with Crippen LogP contribution in [0.1, 0.15) is 42.8 Å². The van der Waals surface area contributed by atoms with Crippen LogP contribution < -0.4 is 29.3 Å². The molecule has 11 rings (SSSR count). The molecule has 0 saturated heterocycles. The number of hydrogen-bond donors (Lipinski definition) is 0. The van der Waals surface area contributed by atoms with E-state index < -0.39 is 14.5 Å². The predicted molar refractivity (Wildman–Crippen MR) is 225 cm³/mol. The standard InChI is InChI=1S/C46H30B2N6O6/c1-26(2)41-39-40(44(53(41)47-57-35-20-10-11-21-36(35)58-47)30(25-50)46-52-32-17-7-9-19-34(32)56-46)42(28-15-5-4-14-27(28)3)54(48-59-37-22-12-13-23-38(37)60-48)43(39)29(24-49)45-51-31-16-6-8-18-33(31)55-45/h4-23,26H,1-3H3/b43-29-,44-30-. The second kappa shape index (κ2) is 13.5. The Balaban J connectivity index is 1.40. The molecule has 60 heavy (non-hydrogen) atoms. The molecule has 2 aliphatic heterocycles. The van der Waals surface area contributed by atoms with E-state index in [2.05, 4.69) is 12.1 Å². The van der Waals surface area contributed by atoms with Crippen molar-refractivity contribution in [2.75, 3.05) is 0 Å². The van der Waals surface area contributed by atoms with Gasteiger partial charge in [-0.1, -0.05) is 86.6 Å². The number of aryl methyl sites for hydroxylation is 1. The number of aromatic nitrogens is 4. The Morgan fingerprint density at radius 3 is 1.47 bits per heavy atom. The number of rotatable bonds is 6. The lowest BCUT2D eigenvalue weighted by atomic mass is 9.99. The van der Waals surface area contributed by atoms with Gasteiger partial charge in [-0.2, -0.15) is 10.5 Å². The smallest absolute Gasteiger partial charge is 0.503 e. The molecule has 5 aromatic carbocycles. The Morgan fingerprint density at radius 1 is 0.567 bits per heavy atom. The first-order valence-electron chi connectivity index (χ1n) is 19.4. The van der Waals surface area contributed by atoms with Gasteiger partial charge in [0.2, 0.25) is 11.8 Å². The van der Waals surface area contributed by atoms with Gasteiger partial charge in [0.1, 0.15) is 57.3 Å². The fourth-order valence-electron chi connectivity index (χ4n) is 8.37. The molecule has 286 valence electrons. The largest absolute Gasteiger partial charge is 0.743 e. The van der Waals surface area contributed by atoms with Crippen molar-refractivity contribution in [3.63, 3.8) is 0 Å². The first kappa shape index (κ1) is 35.1. The van der Waals surface area contributed by atoms with Crippen LogP contribution in [0.3, 0.4) is 0 Å². The monoisotopic (exact) mass is 784 g/mol. The normalized spacial score (nSPS) is 14.0. The lowest BCUT2D eigenvalue weighted by Crippen LogP contribution is -2.45. The molecule has 0 spiro atoms. The Labute approximate surface area is 342 Å². The van der Waals surface area contributed by atoms with E-state index >= 15 is 0 Å². The Morgan fingerprint density at radius 2 is 1.00 bits per heavy atom. The van der Waals surface area contributed by atoms with Crippen LogP contribution in [0.15, 0.2) is 130 Å². The summed E-state index contributed by atoms with van der Waals surface area (Å²) < 4.78 is 43.1. The number of para-hydroxylation sites is 8. The van der Waals surface area contributed by atoms with Crippen LogP contribution in [-0.4, -0.2) is 33.4 Å². The van der Waals surface area contributed by atoms with Gasteiger partial charge in [0, 0.05) is 22.0 Å². The highest BCUT2D eigenvalue weighted by Crippen LogP contribution is 2.41. The average molecular weight is 784 g/mol. The topological polar surface area (TPSA) is 146 Å². The van der Waals surface area contributed by atoms with Gasteiger partial charge in [0.05, 0.1) is 16.4 Å². The minimum Gasteiger partial charge on any atom is -0.503 e. The molecule has 0 unspecified atom stereocenters. The average Bonchev–Trinajstić information content (AvgIpc) is 4.12. The molecular weight excluding hydrogens is 754 g/mol. The minimum absolute atomic E-state index is 0.0967. The maximum absolute atomic E-state index is 11.4. The van der Waals surface area contributed by atoms with Gasteiger partial charge >= 0.3 is 14.5 Å². The third kappa shape index (κ3) is 5.24. The first-order chi connectivity index (χ1) is 29.4. The van der Waals surface area contributed by atoms with Crippen molar-refractivity contribution in [1.29, 1.82) is 10.5 Å². The van der Waals surface area contributed by atoms with E-state index in [-0.39, 0.29) is 28.8 Å². The van der Waals surface area contributed by atoms with Crippen LogP contribution in [0, 0.1) is 29.6 Å². The lowest BCUT2D eigenvalue weighted by molar-refractivity contribution is 0.473. The number of nitrogens with zero attached hydrogens (tertiary/aromatic N) is 6. The van der Waals surface area contributed by atoms with Crippen molar-refractivity contribution in [2.24, 2.45) is 0 Å². The summed E-state index contributed by atoms with van der Waals surface area (Å²) in [6.07, 6.45) is 0. The zero-order valence-electron chi connectivity index (χ0n) is 32.4. The fourth-order valence-corrected chi connectivity index (χ4v) is 8.37. The molecule has 0 fully saturated rings. The second-order valence-electron chi connectivity index (χ2n) is 14.8.